The average molecular weight is 238 g/mol. The van der Waals surface area contributed by atoms with Gasteiger partial charge in [-0.2, -0.15) is 0 Å². The Hall–Kier alpha value is -0.570. The molecule has 0 aromatic heterocycles. The van der Waals surface area contributed by atoms with E-state index in [0.717, 1.165) is 25.7 Å². The molecule has 17 heavy (non-hydrogen) atoms. The Labute approximate surface area is 105 Å². The van der Waals surface area contributed by atoms with Gasteiger partial charge in [0.15, 0.2) is 0 Å². The van der Waals surface area contributed by atoms with Crippen LogP contribution in [0.15, 0.2) is 0 Å². The molecular formula is C14H26N2O. The Morgan fingerprint density at radius 3 is 2.12 bits per heavy atom. The molecule has 2 rings (SSSR count). The summed E-state index contributed by atoms with van der Waals surface area (Å²) in [6.45, 7) is 2.71. The smallest absolute Gasteiger partial charge is 0.226 e. The van der Waals surface area contributed by atoms with Crippen molar-refractivity contribution in [1.82, 2.24) is 5.32 Å². The van der Waals surface area contributed by atoms with Gasteiger partial charge in [-0.3, -0.25) is 4.79 Å². The molecule has 0 heterocycles. The third kappa shape index (κ3) is 2.65. The van der Waals surface area contributed by atoms with Crippen LogP contribution in [0.25, 0.3) is 0 Å². The number of carbonyl (C=O) groups is 1. The third-order valence-electron chi connectivity index (χ3n) is 4.84. The van der Waals surface area contributed by atoms with E-state index in [2.05, 4.69) is 12.2 Å². The fraction of sp³-hybridized carbons (Fsp3) is 0.929. The van der Waals surface area contributed by atoms with Crippen LogP contribution in [0, 0.1) is 5.41 Å². The van der Waals surface area contributed by atoms with Crippen molar-refractivity contribution in [2.24, 2.45) is 11.1 Å². The highest BCUT2D eigenvalue weighted by Crippen LogP contribution is 2.39. The summed E-state index contributed by atoms with van der Waals surface area (Å²) in [5.74, 6) is 0.252. The van der Waals surface area contributed by atoms with Gasteiger partial charge in [0.25, 0.3) is 0 Å². The second-order valence-corrected chi connectivity index (χ2v) is 6.27. The largest absolute Gasteiger partial charge is 0.349 e. The van der Waals surface area contributed by atoms with Crippen molar-refractivity contribution in [3.63, 3.8) is 0 Å². The summed E-state index contributed by atoms with van der Waals surface area (Å²) in [4.78, 5) is 12.4. The highest BCUT2D eigenvalue weighted by molar-refractivity contribution is 5.83. The lowest BCUT2D eigenvalue weighted by Crippen LogP contribution is -2.57. The van der Waals surface area contributed by atoms with E-state index in [1.807, 2.05) is 0 Å². The first-order valence-electron chi connectivity index (χ1n) is 7.13. The molecule has 0 spiro atoms. The van der Waals surface area contributed by atoms with Crippen LogP contribution in [0.3, 0.4) is 0 Å². The first-order chi connectivity index (χ1) is 8.10. The Bertz CT molecular complexity index is 276. The van der Waals surface area contributed by atoms with Gasteiger partial charge in [-0.05, 0) is 25.7 Å². The summed E-state index contributed by atoms with van der Waals surface area (Å²) < 4.78 is 0. The average Bonchev–Trinajstić information content (AvgIpc) is 2.79. The SMILES string of the molecule is CC1(C(=O)NC2(CN)CCCCC2)CCCC1. The molecule has 0 radical (unpaired) electrons. The summed E-state index contributed by atoms with van der Waals surface area (Å²) >= 11 is 0. The molecule has 2 aliphatic carbocycles. The van der Waals surface area contributed by atoms with E-state index in [-0.39, 0.29) is 16.9 Å². The normalized spacial score (nSPS) is 26.7. The molecule has 0 saturated heterocycles. The molecule has 3 heteroatoms. The molecule has 1 amide bonds. The lowest BCUT2D eigenvalue weighted by atomic mass is 9.79. The van der Waals surface area contributed by atoms with Crippen LogP contribution in [0.2, 0.25) is 0 Å². The summed E-state index contributed by atoms with van der Waals surface area (Å²) in [5.41, 5.74) is 5.69. The van der Waals surface area contributed by atoms with Gasteiger partial charge >= 0.3 is 0 Å². The summed E-state index contributed by atoms with van der Waals surface area (Å²) in [5, 5.41) is 3.30. The summed E-state index contributed by atoms with van der Waals surface area (Å²) in [6.07, 6.45) is 10.3. The predicted octanol–water partition coefficient (Wildman–Crippen LogP) is 2.34. The van der Waals surface area contributed by atoms with Crippen LogP contribution >= 0.6 is 0 Å². The van der Waals surface area contributed by atoms with Gasteiger partial charge in [-0.15, -0.1) is 0 Å². The van der Waals surface area contributed by atoms with Crippen LogP contribution in [-0.4, -0.2) is 18.0 Å². The van der Waals surface area contributed by atoms with Gasteiger partial charge in [-0.25, -0.2) is 0 Å². The quantitative estimate of drug-likeness (QED) is 0.793. The van der Waals surface area contributed by atoms with E-state index >= 15 is 0 Å². The molecule has 2 saturated carbocycles. The molecule has 2 aliphatic rings. The molecule has 3 nitrogen and oxygen atoms in total. The maximum Gasteiger partial charge on any atom is 0.226 e. The first kappa shape index (κ1) is 12.9. The Balaban J connectivity index is 2.00. The molecule has 0 aliphatic heterocycles. The molecule has 3 N–H and O–H groups in total. The van der Waals surface area contributed by atoms with Crippen molar-refractivity contribution in [2.45, 2.75) is 70.3 Å². The zero-order valence-electron chi connectivity index (χ0n) is 11.1. The fourth-order valence-corrected chi connectivity index (χ4v) is 3.38. The molecule has 2 fully saturated rings. The topological polar surface area (TPSA) is 55.1 Å². The maximum absolute atomic E-state index is 12.4. The summed E-state index contributed by atoms with van der Waals surface area (Å²) in [6, 6.07) is 0. The second kappa shape index (κ2) is 4.97. The van der Waals surface area contributed by atoms with Gasteiger partial charge in [0.2, 0.25) is 5.91 Å². The van der Waals surface area contributed by atoms with Crippen molar-refractivity contribution in [2.75, 3.05) is 6.54 Å². The van der Waals surface area contributed by atoms with E-state index in [0.29, 0.717) is 6.54 Å². The highest BCUT2D eigenvalue weighted by Gasteiger charge is 2.41. The molecule has 98 valence electrons. The van der Waals surface area contributed by atoms with Gasteiger partial charge in [0, 0.05) is 12.0 Å². The van der Waals surface area contributed by atoms with E-state index < -0.39 is 0 Å². The molecule has 0 aromatic carbocycles. The van der Waals surface area contributed by atoms with Gasteiger partial charge in [0.1, 0.15) is 0 Å². The number of nitrogens with two attached hydrogens (primary N) is 1. The number of hydrogen-bond acceptors (Lipinski definition) is 2. The maximum atomic E-state index is 12.4. The number of rotatable bonds is 3. The van der Waals surface area contributed by atoms with Gasteiger partial charge in [0.05, 0.1) is 5.54 Å². The van der Waals surface area contributed by atoms with E-state index in [1.165, 1.54) is 32.1 Å². The molecule has 0 bridgehead atoms. The van der Waals surface area contributed by atoms with E-state index in [1.54, 1.807) is 0 Å². The summed E-state index contributed by atoms with van der Waals surface area (Å²) in [7, 11) is 0. The number of nitrogens with one attached hydrogen (secondary N) is 1. The van der Waals surface area contributed by atoms with Crippen LogP contribution in [0.1, 0.15) is 64.7 Å². The Morgan fingerprint density at radius 1 is 1.06 bits per heavy atom. The van der Waals surface area contributed by atoms with Gasteiger partial charge < -0.3 is 11.1 Å². The number of carbonyl (C=O) groups excluding carboxylic acids is 1. The number of hydrogen-bond donors (Lipinski definition) is 2. The molecular weight excluding hydrogens is 212 g/mol. The highest BCUT2D eigenvalue weighted by atomic mass is 16.2. The zero-order chi connectivity index (χ0) is 12.4. The lowest BCUT2D eigenvalue weighted by Gasteiger charge is -2.39. The standard InChI is InChI=1S/C14H26N2O/c1-13(7-5-6-8-13)12(17)16-14(11-15)9-3-2-4-10-14/h2-11,15H2,1H3,(H,16,17). The molecule has 0 atom stereocenters. The van der Waals surface area contributed by atoms with Crippen molar-refractivity contribution < 1.29 is 4.79 Å². The fourth-order valence-electron chi connectivity index (χ4n) is 3.38. The van der Waals surface area contributed by atoms with Crippen molar-refractivity contribution in [1.29, 1.82) is 0 Å². The Morgan fingerprint density at radius 2 is 1.59 bits per heavy atom. The first-order valence-corrected chi connectivity index (χ1v) is 7.13. The van der Waals surface area contributed by atoms with Crippen molar-refractivity contribution in [3.05, 3.63) is 0 Å². The van der Waals surface area contributed by atoms with Gasteiger partial charge in [-0.1, -0.05) is 39.0 Å². The van der Waals surface area contributed by atoms with Crippen molar-refractivity contribution >= 4 is 5.91 Å². The Kier molecular flexibility index (Phi) is 3.76. The predicted molar refractivity (Wildman–Crippen MR) is 69.6 cm³/mol. The minimum Gasteiger partial charge on any atom is -0.349 e. The van der Waals surface area contributed by atoms with E-state index in [4.69, 9.17) is 5.73 Å². The molecule has 0 unspecified atom stereocenters. The van der Waals surface area contributed by atoms with Crippen LogP contribution in [0.5, 0.6) is 0 Å². The minimum absolute atomic E-state index is 0.0963. The minimum atomic E-state index is -0.125. The molecule has 0 aromatic rings. The second-order valence-electron chi connectivity index (χ2n) is 6.27. The third-order valence-corrected chi connectivity index (χ3v) is 4.84. The number of amides is 1. The monoisotopic (exact) mass is 238 g/mol. The lowest BCUT2D eigenvalue weighted by molar-refractivity contribution is -0.132. The van der Waals surface area contributed by atoms with E-state index in [9.17, 15) is 4.79 Å². The van der Waals surface area contributed by atoms with Crippen LogP contribution < -0.4 is 11.1 Å². The van der Waals surface area contributed by atoms with Crippen LogP contribution in [0.4, 0.5) is 0 Å². The van der Waals surface area contributed by atoms with Crippen molar-refractivity contribution in [3.8, 4) is 0 Å². The van der Waals surface area contributed by atoms with Crippen LogP contribution in [-0.2, 0) is 4.79 Å². The zero-order valence-corrected chi connectivity index (χ0v) is 11.1.